The van der Waals surface area contributed by atoms with Crippen LogP contribution >= 0.6 is 11.3 Å². The molecule has 2 rings (SSSR count). The molecule has 0 bridgehead atoms. The van der Waals surface area contributed by atoms with Crippen LogP contribution in [0.2, 0.25) is 0 Å². The Morgan fingerprint density at radius 1 is 1.33 bits per heavy atom. The van der Waals surface area contributed by atoms with Crippen LogP contribution in [-0.4, -0.2) is 42.1 Å². The number of amidine groups is 2. The van der Waals surface area contributed by atoms with Crippen LogP contribution in [-0.2, 0) is 10.0 Å². The molecule has 0 saturated heterocycles. The van der Waals surface area contributed by atoms with Crippen LogP contribution in [0.1, 0.15) is 51.5 Å². The predicted octanol–water partition coefficient (Wildman–Crippen LogP) is 3.27. The second-order valence-corrected chi connectivity index (χ2v) is 10.9. The number of aromatic hydroxyl groups is 1. The minimum Gasteiger partial charge on any atom is -0.504 e. The number of aryl methyl sites for hydroxylation is 1. The highest BCUT2D eigenvalue weighted by Gasteiger charge is 2.34. The summed E-state index contributed by atoms with van der Waals surface area (Å²) >= 11 is 0.861. The fraction of sp³-hybridized carbons (Fsp3) is 0.474. The topological polar surface area (TPSA) is 148 Å². The predicted molar refractivity (Wildman–Crippen MR) is 120 cm³/mol. The lowest BCUT2D eigenvalue weighted by Crippen LogP contribution is -2.42. The van der Waals surface area contributed by atoms with Crippen molar-refractivity contribution in [3.8, 4) is 5.75 Å². The lowest BCUT2D eigenvalue weighted by atomic mass is 10.1. The van der Waals surface area contributed by atoms with Crippen molar-refractivity contribution >= 4 is 38.7 Å². The van der Waals surface area contributed by atoms with E-state index in [4.69, 9.17) is 15.9 Å². The molecule has 2 heterocycles. The van der Waals surface area contributed by atoms with E-state index >= 15 is 0 Å². The zero-order valence-electron chi connectivity index (χ0n) is 18.0. The zero-order valence-corrected chi connectivity index (χ0v) is 19.6. The van der Waals surface area contributed by atoms with Crippen LogP contribution < -0.4 is 11.5 Å². The molecule has 0 aliphatic carbocycles. The van der Waals surface area contributed by atoms with Gasteiger partial charge in [-0.15, -0.1) is 11.3 Å². The van der Waals surface area contributed by atoms with Crippen LogP contribution in [0.5, 0.6) is 5.75 Å². The van der Waals surface area contributed by atoms with Crippen LogP contribution in [0.25, 0.3) is 0 Å². The number of rotatable bonds is 6. The first-order valence-corrected chi connectivity index (χ1v) is 11.6. The number of hydrogen-bond donors (Lipinski definition) is 3. The number of nitrogens with zero attached hydrogens (tertiary/aromatic N) is 3. The molecule has 0 aliphatic rings. The first kappa shape index (κ1) is 23.9. The van der Waals surface area contributed by atoms with Gasteiger partial charge in [0, 0.05) is 18.0 Å². The van der Waals surface area contributed by atoms with Gasteiger partial charge in [0.05, 0.1) is 6.26 Å². The van der Waals surface area contributed by atoms with E-state index in [-0.39, 0.29) is 27.6 Å². The Bertz CT molecular complexity index is 1060. The van der Waals surface area contributed by atoms with Crippen LogP contribution in [0.3, 0.4) is 0 Å². The van der Waals surface area contributed by atoms with E-state index in [1.54, 1.807) is 27.0 Å². The fourth-order valence-electron chi connectivity index (χ4n) is 2.48. The molecule has 5 N–H and O–H groups in total. The highest BCUT2D eigenvalue weighted by Crippen LogP contribution is 2.41. The smallest absolute Gasteiger partial charge is 0.256 e. The molecule has 0 aliphatic heterocycles. The largest absolute Gasteiger partial charge is 0.504 e. The fourth-order valence-corrected chi connectivity index (χ4v) is 5.36. The van der Waals surface area contributed by atoms with E-state index in [2.05, 4.69) is 9.98 Å². The molecule has 1 atom stereocenters. The molecule has 0 radical (unpaired) electrons. The third-order valence-corrected chi connectivity index (χ3v) is 8.12. The first-order chi connectivity index (χ1) is 13.8. The average Bonchev–Trinajstić information content (AvgIpc) is 3.24. The number of thiophene rings is 1. The molecule has 0 saturated carbocycles. The molecule has 30 heavy (non-hydrogen) atoms. The summed E-state index contributed by atoms with van der Waals surface area (Å²) in [4.78, 5) is 8.45. The van der Waals surface area contributed by atoms with Gasteiger partial charge in [-0.3, -0.25) is 4.99 Å². The Kier molecular flexibility index (Phi) is 7.00. The maximum atomic E-state index is 12.8. The average molecular weight is 456 g/mol. The summed E-state index contributed by atoms with van der Waals surface area (Å²) in [5.41, 5.74) is 12.3. The Hall–Kier alpha value is -2.37. The minimum absolute atomic E-state index is 0.0124. The molecule has 0 amide bonds. The SMILES string of the molecule is CC[C@@H](N=C(N)C(N)=Nc1csc(S(=O)(=O)N(C)C(C)(C)C)c1O)c1cc(C)co1. The van der Waals surface area contributed by atoms with E-state index in [0.717, 1.165) is 16.9 Å². The quantitative estimate of drug-likeness (QED) is 0.450. The zero-order chi connectivity index (χ0) is 22.9. The van der Waals surface area contributed by atoms with Crippen LogP contribution in [0.4, 0.5) is 5.69 Å². The third-order valence-electron chi connectivity index (χ3n) is 4.52. The normalized spacial score (nSPS) is 15.0. The molecule has 2 aromatic heterocycles. The number of sulfonamides is 1. The third kappa shape index (κ3) is 5.02. The van der Waals surface area contributed by atoms with Gasteiger partial charge in [0.1, 0.15) is 17.5 Å². The van der Waals surface area contributed by atoms with Crippen LogP contribution in [0, 0.1) is 6.92 Å². The summed E-state index contributed by atoms with van der Waals surface area (Å²) in [7, 11) is -2.45. The van der Waals surface area contributed by atoms with Crippen molar-refractivity contribution in [2.45, 2.75) is 56.8 Å². The van der Waals surface area contributed by atoms with Gasteiger partial charge < -0.3 is 21.0 Å². The maximum absolute atomic E-state index is 12.8. The summed E-state index contributed by atoms with van der Waals surface area (Å²) < 4.78 is 32.1. The second kappa shape index (κ2) is 8.78. The monoisotopic (exact) mass is 455 g/mol. The molecule has 9 nitrogen and oxygen atoms in total. The molecule has 0 unspecified atom stereocenters. The Morgan fingerprint density at radius 2 is 1.97 bits per heavy atom. The first-order valence-electron chi connectivity index (χ1n) is 9.31. The number of nitrogens with two attached hydrogens (primary N) is 2. The molecule has 2 aromatic rings. The second-order valence-electron chi connectivity index (χ2n) is 7.86. The molecule has 166 valence electrons. The van der Waals surface area contributed by atoms with Gasteiger partial charge in [0.25, 0.3) is 10.0 Å². The van der Waals surface area contributed by atoms with Crippen molar-refractivity contribution in [3.05, 3.63) is 29.0 Å². The molecular formula is C19H29N5O4S2. The highest BCUT2D eigenvalue weighted by atomic mass is 32.2. The standard InChI is InChI=1S/C19H29N5O4S2/c1-7-12(14-8-11(2)9-28-14)22-16(20)17(21)23-13-10-29-18(15(13)25)30(26,27)24(6)19(3,4)5/h8-10,12,25H,7H2,1-6H3,(H2,20,22)(H2,21,23)/t12-/m1/s1. The molecular weight excluding hydrogens is 426 g/mol. The van der Waals surface area contributed by atoms with E-state index in [9.17, 15) is 13.5 Å². The van der Waals surface area contributed by atoms with Crippen molar-refractivity contribution in [1.82, 2.24) is 4.31 Å². The van der Waals surface area contributed by atoms with E-state index in [1.807, 2.05) is 19.9 Å². The van der Waals surface area contributed by atoms with Crippen molar-refractivity contribution < 1.29 is 17.9 Å². The number of furan rings is 1. The van der Waals surface area contributed by atoms with Crippen molar-refractivity contribution in [3.63, 3.8) is 0 Å². The summed E-state index contributed by atoms with van der Waals surface area (Å²) in [5, 5.41) is 11.9. The van der Waals surface area contributed by atoms with Crippen LogP contribution in [0.15, 0.2) is 36.3 Å². The number of aliphatic imine (C=N–C) groups is 2. The highest BCUT2D eigenvalue weighted by molar-refractivity contribution is 7.91. The van der Waals surface area contributed by atoms with E-state index < -0.39 is 21.3 Å². The van der Waals surface area contributed by atoms with E-state index in [1.165, 1.54) is 16.7 Å². The molecule has 0 aromatic carbocycles. The minimum atomic E-state index is -3.90. The van der Waals surface area contributed by atoms with Gasteiger partial charge in [-0.05, 0) is 45.7 Å². The van der Waals surface area contributed by atoms with Gasteiger partial charge in [-0.1, -0.05) is 6.92 Å². The Balaban J connectivity index is 2.35. The van der Waals surface area contributed by atoms with Gasteiger partial charge in [-0.2, -0.15) is 4.31 Å². The molecule has 11 heteroatoms. The van der Waals surface area contributed by atoms with Gasteiger partial charge in [-0.25, -0.2) is 13.4 Å². The maximum Gasteiger partial charge on any atom is 0.256 e. The lowest BCUT2D eigenvalue weighted by molar-refractivity contribution is 0.291. The summed E-state index contributed by atoms with van der Waals surface area (Å²) in [5.74, 6) is 0.0268. The van der Waals surface area contributed by atoms with Crippen molar-refractivity contribution in [2.24, 2.45) is 21.5 Å². The number of hydrogen-bond acceptors (Lipinski definition) is 7. The van der Waals surface area contributed by atoms with Gasteiger partial charge >= 0.3 is 0 Å². The van der Waals surface area contributed by atoms with Crippen molar-refractivity contribution in [2.75, 3.05) is 7.05 Å². The van der Waals surface area contributed by atoms with E-state index in [0.29, 0.717) is 12.2 Å². The summed E-state index contributed by atoms with van der Waals surface area (Å²) in [6, 6.07) is 1.53. The van der Waals surface area contributed by atoms with Crippen molar-refractivity contribution in [1.29, 1.82) is 0 Å². The summed E-state index contributed by atoms with van der Waals surface area (Å²) in [6.45, 7) is 9.11. The van der Waals surface area contributed by atoms with Gasteiger partial charge in [0.2, 0.25) is 0 Å². The molecule has 0 fully saturated rings. The molecule has 0 spiro atoms. The Morgan fingerprint density at radius 3 is 2.47 bits per heavy atom. The summed E-state index contributed by atoms with van der Waals surface area (Å²) in [6.07, 6.45) is 2.26. The lowest BCUT2D eigenvalue weighted by Gasteiger charge is -2.30. The van der Waals surface area contributed by atoms with Gasteiger partial charge in [0.15, 0.2) is 21.6 Å². The Labute approximate surface area is 181 Å².